The first-order chi connectivity index (χ1) is 27.6. The molecule has 0 amide bonds. The summed E-state index contributed by atoms with van der Waals surface area (Å²) in [6, 6.07) is 0. The van der Waals surface area contributed by atoms with E-state index in [9.17, 15) is 9.59 Å². The van der Waals surface area contributed by atoms with Crippen LogP contribution in [-0.2, 0) is 23.8 Å². The number of carbonyl (C=O) groups is 2. The highest BCUT2D eigenvalue weighted by Crippen LogP contribution is 2.12. The van der Waals surface area contributed by atoms with Crippen molar-refractivity contribution in [1.29, 1.82) is 0 Å². The lowest BCUT2D eigenvalue weighted by Crippen LogP contribution is -2.30. The number of carbonyl (C=O) groups excluding carboxylic acids is 2. The molecule has 0 saturated heterocycles. The van der Waals surface area contributed by atoms with E-state index in [0.29, 0.717) is 19.4 Å². The quantitative estimate of drug-likeness (QED) is 0.0352. The van der Waals surface area contributed by atoms with Crippen molar-refractivity contribution in [2.75, 3.05) is 19.8 Å². The molecule has 5 nitrogen and oxygen atoms in total. The molecule has 0 saturated carbocycles. The van der Waals surface area contributed by atoms with Gasteiger partial charge in [-0.15, -0.1) is 0 Å². The second kappa shape index (κ2) is 46.2. The average Bonchev–Trinajstić information content (AvgIpc) is 3.20. The number of rotatable bonds is 40. The summed E-state index contributed by atoms with van der Waals surface area (Å²) in [6.45, 7) is 7.45. The Hall–Kier alpha value is -3.18. The van der Waals surface area contributed by atoms with Gasteiger partial charge in [0.2, 0.25) is 0 Å². The molecule has 0 aromatic heterocycles. The predicted octanol–water partition coefficient (Wildman–Crippen LogP) is 15.1. The number of ether oxygens (including phenoxy) is 3. The highest BCUT2D eigenvalue weighted by Gasteiger charge is 2.17. The molecule has 0 bridgehead atoms. The van der Waals surface area contributed by atoms with E-state index in [1.807, 2.05) is 0 Å². The van der Waals surface area contributed by atoms with Gasteiger partial charge in [-0.2, -0.15) is 0 Å². The molecular formula is C51H84O5. The Balaban J connectivity index is 4.28. The van der Waals surface area contributed by atoms with Crippen LogP contribution < -0.4 is 0 Å². The first-order valence-electron chi connectivity index (χ1n) is 22.8. The fraction of sp³-hybridized carbons (Fsp3) is 0.647. The fourth-order valence-electron chi connectivity index (χ4n) is 5.78. The van der Waals surface area contributed by atoms with Crippen LogP contribution in [0.2, 0.25) is 0 Å². The Morgan fingerprint density at radius 1 is 0.411 bits per heavy atom. The molecule has 1 unspecified atom stereocenters. The molecule has 318 valence electrons. The molecule has 56 heavy (non-hydrogen) atoms. The monoisotopic (exact) mass is 777 g/mol. The molecule has 0 aliphatic rings. The summed E-state index contributed by atoms with van der Waals surface area (Å²) >= 11 is 0. The zero-order chi connectivity index (χ0) is 40.7. The number of esters is 2. The van der Waals surface area contributed by atoms with Gasteiger partial charge in [0.25, 0.3) is 0 Å². The van der Waals surface area contributed by atoms with Crippen LogP contribution in [0.1, 0.15) is 188 Å². The van der Waals surface area contributed by atoms with E-state index in [1.165, 1.54) is 25.7 Å². The number of hydrogen-bond acceptors (Lipinski definition) is 5. The highest BCUT2D eigenvalue weighted by molar-refractivity contribution is 5.70. The maximum Gasteiger partial charge on any atom is 0.306 e. The minimum absolute atomic E-state index is 0.0548. The zero-order valence-corrected chi connectivity index (χ0v) is 36.4. The summed E-state index contributed by atoms with van der Waals surface area (Å²) in [5.41, 5.74) is 0. The smallest absolute Gasteiger partial charge is 0.306 e. The predicted molar refractivity (Wildman–Crippen MR) is 242 cm³/mol. The van der Waals surface area contributed by atoms with Gasteiger partial charge < -0.3 is 14.2 Å². The highest BCUT2D eigenvalue weighted by atomic mass is 16.6. The van der Waals surface area contributed by atoms with Gasteiger partial charge in [0.15, 0.2) is 6.10 Å². The first kappa shape index (κ1) is 52.8. The number of unbranched alkanes of at least 4 members (excludes halogenated alkanes) is 13. The van der Waals surface area contributed by atoms with E-state index >= 15 is 0 Å². The van der Waals surface area contributed by atoms with Crippen LogP contribution in [0.5, 0.6) is 0 Å². The largest absolute Gasteiger partial charge is 0.462 e. The molecule has 0 fully saturated rings. The lowest BCUT2D eigenvalue weighted by molar-refractivity contribution is -0.163. The maximum atomic E-state index is 12.6. The molecular weight excluding hydrogens is 693 g/mol. The normalized spacial score (nSPS) is 13.1. The maximum absolute atomic E-state index is 12.6. The van der Waals surface area contributed by atoms with Gasteiger partial charge >= 0.3 is 11.9 Å². The van der Waals surface area contributed by atoms with Gasteiger partial charge in [-0.25, -0.2) is 0 Å². The van der Waals surface area contributed by atoms with Crippen molar-refractivity contribution in [1.82, 2.24) is 0 Å². The summed E-state index contributed by atoms with van der Waals surface area (Å²) in [5, 5.41) is 0. The lowest BCUT2D eigenvalue weighted by Gasteiger charge is -2.18. The molecule has 1 atom stereocenters. The van der Waals surface area contributed by atoms with Gasteiger partial charge in [-0.3, -0.25) is 9.59 Å². The molecule has 0 rings (SSSR count). The van der Waals surface area contributed by atoms with Crippen LogP contribution in [-0.4, -0.2) is 37.9 Å². The second-order valence-electron chi connectivity index (χ2n) is 14.5. The Labute approximate surface area is 345 Å². The van der Waals surface area contributed by atoms with Crippen LogP contribution in [0.3, 0.4) is 0 Å². The van der Waals surface area contributed by atoms with Gasteiger partial charge in [0.1, 0.15) is 6.61 Å². The Morgan fingerprint density at radius 2 is 0.804 bits per heavy atom. The minimum Gasteiger partial charge on any atom is -0.462 e. The summed E-state index contributed by atoms with van der Waals surface area (Å²) in [7, 11) is 0. The Kier molecular flexibility index (Phi) is 43.6. The van der Waals surface area contributed by atoms with Gasteiger partial charge in [-0.05, 0) is 96.3 Å². The summed E-state index contributed by atoms with van der Waals surface area (Å²) in [4.78, 5) is 25.1. The van der Waals surface area contributed by atoms with Crippen molar-refractivity contribution in [3.8, 4) is 0 Å². The van der Waals surface area contributed by atoms with E-state index in [-0.39, 0.29) is 25.2 Å². The summed E-state index contributed by atoms with van der Waals surface area (Å²) in [5.74, 6) is -0.456. The van der Waals surface area contributed by atoms with Crippen molar-refractivity contribution in [2.24, 2.45) is 0 Å². The standard InChI is InChI=1S/C51H84O5/c1-4-7-10-13-16-18-20-22-24-26-27-29-31-33-36-38-41-44-50(52)55-48-49(56-51(53)45-42-39-35-15-12-9-6-3)47-54-46-43-40-37-34-32-30-28-25-23-21-19-17-14-11-8-5-2/h7-8,10-11,16-19,22-25,27,29-30,32,49H,4-6,9,12-15,20-21,26,28,31,33-48H2,1-3H3/b10-7-,11-8-,18-16-,19-17-,24-22-,25-23-,29-27-,32-30-. The number of hydrogen-bond donors (Lipinski definition) is 0. The molecule has 0 aliphatic heterocycles. The van der Waals surface area contributed by atoms with E-state index in [1.54, 1.807) is 0 Å². The van der Waals surface area contributed by atoms with Crippen molar-refractivity contribution in [3.63, 3.8) is 0 Å². The second-order valence-corrected chi connectivity index (χ2v) is 14.5. The first-order valence-corrected chi connectivity index (χ1v) is 22.8. The van der Waals surface area contributed by atoms with Crippen LogP contribution >= 0.6 is 0 Å². The Bertz CT molecular complexity index is 1110. The molecule has 0 spiro atoms. The summed E-state index contributed by atoms with van der Waals surface area (Å²) in [6.07, 6.45) is 61.3. The lowest BCUT2D eigenvalue weighted by atomic mass is 10.1. The minimum atomic E-state index is -0.563. The van der Waals surface area contributed by atoms with E-state index in [4.69, 9.17) is 14.2 Å². The van der Waals surface area contributed by atoms with Gasteiger partial charge in [-0.1, -0.05) is 176 Å². The Morgan fingerprint density at radius 3 is 1.29 bits per heavy atom. The van der Waals surface area contributed by atoms with Crippen LogP contribution in [0.15, 0.2) is 97.2 Å². The molecule has 0 aromatic carbocycles. The van der Waals surface area contributed by atoms with Crippen LogP contribution in [0, 0.1) is 0 Å². The molecule has 0 radical (unpaired) electrons. The third-order valence-electron chi connectivity index (χ3n) is 9.12. The van der Waals surface area contributed by atoms with E-state index < -0.39 is 6.10 Å². The van der Waals surface area contributed by atoms with E-state index in [2.05, 4.69) is 118 Å². The van der Waals surface area contributed by atoms with Crippen molar-refractivity contribution in [2.45, 2.75) is 194 Å². The topological polar surface area (TPSA) is 61.8 Å². The van der Waals surface area contributed by atoms with Crippen molar-refractivity contribution in [3.05, 3.63) is 97.2 Å². The third kappa shape index (κ3) is 43.5. The van der Waals surface area contributed by atoms with Crippen LogP contribution in [0.4, 0.5) is 0 Å². The molecule has 0 heterocycles. The SMILES string of the molecule is CC/C=C\C/C=C\C/C=C\C/C=C\CCCCCCC(=O)OCC(COCCCCC/C=C\C/C=C\C/C=C\C/C=C\CC)OC(=O)CCCCCCCCC. The average molecular weight is 777 g/mol. The number of allylic oxidation sites excluding steroid dienone is 16. The molecule has 0 aliphatic carbocycles. The van der Waals surface area contributed by atoms with Gasteiger partial charge in [0.05, 0.1) is 6.61 Å². The fourth-order valence-corrected chi connectivity index (χ4v) is 5.78. The van der Waals surface area contributed by atoms with Crippen LogP contribution in [0.25, 0.3) is 0 Å². The van der Waals surface area contributed by atoms with Gasteiger partial charge in [0, 0.05) is 19.4 Å². The third-order valence-corrected chi connectivity index (χ3v) is 9.12. The van der Waals surface area contributed by atoms with Crippen molar-refractivity contribution >= 4 is 11.9 Å². The molecule has 0 aromatic rings. The van der Waals surface area contributed by atoms with Crippen molar-refractivity contribution < 1.29 is 23.8 Å². The zero-order valence-electron chi connectivity index (χ0n) is 36.4. The molecule has 0 N–H and O–H groups in total. The summed E-state index contributed by atoms with van der Waals surface area (Å²) < 4.78 is 17.2. The van der Waals surface area contributed by atoms with E-state index in [0.717, 1.165) is 128 Å². The molecule has 5 heteroatoms.